The van der Waals surface area contributed by atoms with Gasteiger partial charge in [0.1, 0.15) is 11.5 Å². The maximum absolute atomic E-state index is 11.1. The van der Waals surface area contributed by atoms with Crippen LogP contribution in [-0.4, -0.2) is 15.3 Å². The van der Waals surface area contributed by atoms with E-state index in [-0.39, 0.29) is 11.7 Å². The van der Waals surface area contributed by atoms with Crippen LogP contribution in [0.15, 0.2) is 23.1 Å². The third-order valence-corrected chi connectivity index (χ3v) is 2.65. The molecule has 0 fully saturated rings. The lowest BCUT2D eigenvalue weighted by Gasteiger charge is -1.95. The molecular weight excluding hydrogens is 164 g/mol. The van der Waals surface area contributed by atoms with Gasteiger partial charge in [-0.05, 0) is 12.1 Å². The summed E-state index contributed by atoms with van der Waals surface area (Å²) in [4.78, 5) is 0.669. The Morgan fingerprint density at radius 2 is 2.36 bits per heavy atom. The second-order valence-electron chi connectivity index (χ2n) is 2.24. The van der Waals surface area contributed by atoms with Crippen LogP contribution in [0.1, 0.15) is 0 Å². The number of phenolic OH excluding ortho intramolecular Hbond substituents is 1. The smallest absolute Gasteiger partial charge is 0.167 e. The molecule has 0 saturated carbocycles. The molecule has 11 heavy (non-hydrogen) atoms. The predicted molar refractivity (Wildman–Crippen MR) is 40.0 cm³/mol. The molecule has 1 aromatic rings. The van der Waals surface area contributed by atoms with Crippen molar-refractivity contribution < 1.29 is 14.1 Å². The molecule has 4 heteroatoms. The lowest BCUT2D eigenvalue weighted by atomic mass is 10.3. The maximum Gasteiger partial charge on any atom is 0.167 e. The first-order valence-electron chi connectivity index (χ1n) is 3.11. The van der Waals surface area contributed by atoms with Crippen LogP contribution in [0.3, 0.4) is 0 Å². The largest absolute Gasteiger partial charge is 0.508 e. The van der Waals surface area contributed by atoms with Gasteiger partial charge in [-0.25, -0.2) is 0 Å². The van der Waals surface area contributed by atoms with Crippen LogP contribution < -0.4 is 4.74 Å². The van der Waals surface area contributed by atoms with Crippen LogP contribution in [0.2, 0.25) is 0 Å². The van der Waals surface area contributed by atoms with E-state index in [4.69, 9.17) is 9.84 Å². The summed E-state index contributed by atoms with van der Waals surface area (Å²) in [6.45, 7) is 0. The molecule has 0 amide bonds. The van der Waals surface area contributed by atoms with Crippen molar-refractivity contribution in [3.05, 3.63) is 18.2 Å². The van der Waals surface area contributed by atoms with Crippen molar-refractivity contribution in [1.82, 2.24) is 0 Å². The highest BCUT2D eigenvalue weighted by Crippen LogP contribution is 2.31. The van der Waals surface area contributed by atoms with Crippen molar-refractivity contribution in [2.75, 3.05) is 5.94 Å². The molecular formula is C7H6O3S. The van der Waals surface area contributed by atoms with Gasteiger partial charge in [0, 0.05) is 6.07 Å². The number of aromatic hydroxyl groups is 1. The molecule has 1 aliphatic rings. The quantitative estimate of drug-likeness (QED) is 0.627. The van der Waals surface area contributed by atoms with Crippen LogP contribution in [0.4, 0.5) is 0 Å². The fourth-order valence-corrected chi connectivity index (χ4v) is 1.90. The Bertz CT molecular complexity index is 321. The van der Waals surface area contributed by atoms with Crippen molar-refractivity contribution in [2.24, 2.45) is 0 Å². The fraction of sp³-hybridized carbons (Fsp3) is 0.143. The summed E-state index contributed by atoms with van der Waals surface area (Å²) in [5, 5.41) is 9.00. The van der Waals surface area contributed by atoms with Crippen molar-refractivity contribution in [2.45, 2.75) is 4.90 Å². The first kappa shape index (κ1) is 6.67. The van der Waals surface area contributed by atoms with E-state index in [1.165, 1.54) is 12.1 Å². The highest BCUT2D eigenvalue weighted by atomic mass is 32.2. The summed E-state index contributed by atoms with van der Waals surface area (Å²) in [5.74, 6) is 0.879. The molecule has 58 valence electrons. The van der Waals surface area contributed by atoms with Crippen molar-refractivity contribution in [1.29, 1.82) is 0 Å². The average Bonchev–Trinajstić information content (AvgIpc) is 2.32. The van der Waals surface area contributed by atoms with Gasteiger partial charge in [-0.3, -0.25) is 4.21 Å². The molecule has 1 atom stereocenters. The zero-order valence-corrected chi connectivity index (χ0v) is 6.43. The van der Waals surface area contributed by atoms with E-state index in [0.29, 0.717) is 10.6 Å². The van der Waals surface area contributed by atoms with Gasteiger partial charge in [0.2, 0.25) is 0 Å². The second kappa shape index (κ2) is 2.23. The molecule has 1 aromatic carbocycles. The van der Waals surface area contributed by atoms with Crippen LogP contribution in [0.5, 0.6) is 11.5 Å². The first-order valence-corrected chi connectivity index (χ1v) is 4.43. The Hall–Kier alpha value is -1.03. The van der Waals surface area contributed by atoms with Crippen LogP contribution in [0.25, 0.3) is 0 Å². The highest BCUT2D eigenvalue weighted by molar-refractivity contribution is 7.85. The van der Waals surface area contributed by atoms with Gasteiger partial charge in [0.25, 0.3) is 0 Å². The van der Waals surface area contributed by atoms with Gasteiger partial charge in [-0.1, -0.05) is 0 Å². The molecule has 0 radical (unpaired) electrons. The topological polar surface area (TPSA) is 46.5 Å². The molecule has 2 rings (SSSR count). The minimum atomic E-state index is -1.04. The zero-order chi connectivity index (χ0) is 7.84. The third-order valence-electron chi connectivity index (χ3n) is 1.49. The molecule has 1 heterocycles. The summed E-state index contributed by atoms with van der Waals surface area (Å²) < 4.78 is 16.1. The van der Waals surface area contributed by atoms with E-state index in [2.05, 4.69) is 0 Å². The standard InChI is InChI=1S/C7H6O3S/c8-5-1-2-7-6(3-5)10-4-11(7)9/h1-3,8H,4H2/t11-/m0/s1. The molecule has 0 aromatic heterocycles. The Kier molecular flexibility index (Phi) is 1.35. The van der Waals surface area contributed by atoms with E-state index in [0.717, 1.165) is 0 Å². The zero-order valence-electron chi connectivity index (χ0n) is 5.61. The van der Waals surface area contributed by atoms with Gasteiger partial charge in [-0.2, -0.15) is 0 Å². The molecule has 0 spiro atoms. The maximum atomic E-state index is 11.1. The molecule has 0 saturated heterocycles. The molecule has 1 aliphatic heterocycles. The summed E-state index contributed by atoms with van der Waals surface area (Å²) in [7, 11) is -1.04. The molecule has 1 N–H and O–H groups in total. The summed E-state index contributed by atoms with van der Waals surface area (Å²) in [6, 6.07) is 4.60. The van der Waals surface area contributed by atoms with Crippen LogP contribution in [-0.2, 0) is 10.8 Å². The summed E-state index contributed by atoms with van der Waals surface area (Å²) in [6.07, 6.45) is 0. The molecule has 0 unspecified atom stereocenters. The van der Waals surface area contributed by atoms with E-state index >= 15 is 0 Å². The number of phenols is 1. The number of benzene rings is 1. The van der Waals surface area contributed by atoms with Crippen molar-refractivity contribution in [3.63, 3.8) is 0 Å². The van der Waals surface area contributed by atoms with Gasteiger partial charge < -0.3 is 9.84 Å². The Morgan fingerprint density at radius 1 is 1.55 bits per heavy atom. The highest BCUT2D eigenvalue weighted by Gasteiger charge is 2.19. The SMILES string of the molecule is O=[S@]1COc2cc(O)ccc21. The summed E-state index contributed by atoms with van der Waals surface area (Å²) >= 11 is 0. The Labute approximate surface area is 66.1 Å². The molecule has 3 nitrogen and oxygen atoms in total. The van der Waals surface area contributed by atoms with Crippen molar-refractivity contribution in [3.8, 4) is 11.5 Å². The van der Waals surface area contributed by atoms with Gasteiger partial charge in [0.05, 0.1) is 15.7 Å². The van der Waals surface area contributed by atoms with E-state index in [9.17, 15) is 4.21 Å². The number of fused-ring (bicyclic) bond motifs is 1. The lowest BCUT2D eigenvalue weighted by Crippen LogP contribution is -1.91. The van der Waals surface area contributed by atoms with E-state index < -0.39 is 10.8 Å². The van der Waals surface area contributed by atoms with Crippen LogP contribution in [0, 0.1) is 0 Å². The van der Waals surface area contributed by atoms with E-state index in [1.54, 1.807) is 6.07 Å². The average molecular weight is 170 g/mol. The van der Waals surface area contributed by atoms with Crippen LogP contribution >= 0.6 is 0 Å². The number of hydrogen-bond donors (Lipinski definition) is 1. The molecule has 0 aliphatic carbocycles. The number of ether oxygens (including phenoxy) is 1. The minimum absolute atomic E-state index is 0.141. The Morgan fingerprint density at radius 3 is 3.18 bits per heavy atom. The monoisotopic (exact) mass is 170 g/mol. The van der Waals surface area contributed by atoms with Gasteiger partial charge in [0.15, 0.2) is 5.94 Å². The van der Waals surface area contributed by atoms with E-state index in [1.807, 2.05) is 0 Å². The minimum Gasteiger partial charge on any atom is -0.508 e. The number of hydrogen-bond acceptors (Lipinski definition) is 3. The normalized spacial score (nSPS) is 20.9. The summed E-state index contributed by atoms with van der Waals surface area (Å²) in [5.41, 5.74) is 0. The fourth-order valence-electron chi connectivity index (χ4n) is 0.978. The third kappa shape index (κ3) is 0.991. The van der Waals surface area contributed by atoms with Crippen molar-refractivity contribution >= 4 is 10.8 Å². The second-order valence-corrected chi connectivity index (χ2v) is 3.61. The van der Waals surface area contributed by atoms with Gasteiger partial charge >= 0.3 is 0 Å². The number of rotatable bonds is 0. The van der Waals surface area contributed by atoms with Gasteiger partial charge in [-0.15, -0.1) is 0 Å². The Balaban J connectivity index is 2.59. The lowest BCUT2D eigenvalue weighted by molar-refractivity contribution is 0.389. The predicted octanol–water partition coefficient (Wildman–Crippen LogP) is 0.850. The molecule has 0 bridgehead atoms. The first-order chi connectivity index (χ1) is 5.27.